The highest BCUT2D eigenvalue weighted by Crippen LogP contribution is 2.48. The predicted octanol–water partition coefficient (Wildman–Crippen LogP) is 6.73. The van der Waals surface area contributed by atoms with Crippen LogP contribution in [-0.4, -0.2) is 12.3 Å². The average Bonchev–Trinajstić information content (AvgIpc) is 2.58. The fraction of sp³-hybridized carbons (Fsp3) is 1.00. The highest BCUT2D eigenvalue weighted by Gasteiger charge is 2.46. The van der Waals surface area contributed by atoms with E-state index in [-0.39, 0.29) is 11.8 Å². The van der Waals surface area contributed by atoms with Gasteiger partial charge in [0.25, 0.3) is 0 Å². The van der Waals surface area contributed by atoms with Gasteiger partial charge < -0.3 is 0 Å². The van der Waals surface area contributed by atoms with Crippen molar-refractivity contribution < 1.29 is 8.78 Å². The number of alkyl halides is 2. The highest BCUT2D eigenvalue weighted by molar-refractivity contribution is 4.95. The molecule has 2 heteroatoms. The molecular formula is C21H36F2. The fourth-order valence-corrected chi connectivity index (χ4v) is 5.91. The second-order valence-corrected chi connectivity index (χ2v) is 9.00. The first-order valence-electron chi connectivity index (χ1n) is 10.4. The molecule has 0 N–H and O–H groups in total. The van der Waals surface area contributed by atoms with E-state index in [0.717, 1.165) is 50.4 Å². The van der Waals surface area contributed by atoms with Gasteiger partial charge in [0.15, 0.2) is 0 Å². The van der Waals surface area contributed by atoms with E-state index in [0.29, 0.717) is 11.8 Å². The van der Waals surface area contributed by atoms with Crippen LogP contribution in [0.4, 0.5) is 8.78 Å². The molecule has 0 heterocycles. The lowest BCUT2D eigenvalue weighted by atomic mass is 9.63. The van der Waals surface area contributed by atoms with Crippen LogP contribution in [-0.2, 0) is 0 Å². The van der Waals surface area contributed by atoms with Crippen molar-refractivity contribution in [3.63, 3.8) is 0 Å². The molecule has 0 spiro atoms. The molecule has 3 rings (SSSR count). The zero-order chi connectivity index (χ0) is 16.4. The maximum atomic E-state index is 14.9. The van der Waals surface area contributed by atoms with Crippen LogP contribution in [0.25, 0.3) is 0 Å². The third-order valence-electron chi connectivity index (χ3n) is 7.70. The molecule has 23 heavy (non-hydrogen) atoms. The lowest BCUT2D eigenvalue weighted by molar-refractivity contribution is -0.0364. The van der Waals surface area contributed by atoms with Gasteiger partial charge >= 0.3 is 0 Å². The maximum Gasteiger partial charge on any atom is 0.134 e. The van der Waals surface area contributed by atoms with Crippen molar-refractivity contribution in [3.05, 3.63) is 0 Å². The Kier molecular flexibility index (Phi) is 6.02. The molecule has 4 unspecified atom stereocenters. The highest BCUT2D eigenvalue weighted by atomic mass is 19.2. The van der Waals surface area contributed by atoms with Crippen LogP contribution in [0, 0.1) is 35.5 Å². The van der Waals surface area contributed by atoms with Crippen LogP contribution in [0.5, 0.6) is 0 Å². The minimum Gasteiger partial charge on any atom is -0.244 e. The Bertz CT molecular complexity index is 353. The van der Waals surface area contributed by atoms with Gasteiger partial charge in [-0.1, -0.05) is 46.0 Å². The minimum absolute atomic E-state index is 0.0146. The average molecular weight is 327 g/mol. The molecule has 0 amide bonds. The van der Waals surface area contributed by atoms with Gasteiger partial charge in [0.05, 0.1) is 0 Å². The summed E-state index contributed by atoms with van der Waals surface area (Å²) < 4.78 is 29.8. The van der Waals surface area contributed by atoms with Crippen molar-refractivity contribution >= 4 is 0 Å². The van der Waals surface area contributed by atoms with Crippen molar-refractivity contribution in [2.45, 2.75) is 96.8 Å². The lowest BCUT2D eigenvalue weighted by Crippen LogP contribution is -2.45. The number of halogens is 2. The van der Waals surface area contributed by atoms with Gasteiger partial charge in [0, 0.05) is 0 Å². The number of hydrogen-bond acceptors (Lipinski definition) is 0. The Balaban J connectivity index is 1.55. The van der Waals surface area contributed by atoms with Gasteiger partial charge in [-0.15, -0.1) is 0 Å². The summed E-state index contributed by atoms with van der Waals surface area (Å²) in [5.74, 6) is 2.57. The summed E-state index contributed by atoms with van der Waals surface area (Å²) in [6.45, 7) is 4.56. The quantitative estimate of drug-likeness (QED) is 0.539. The van der Waals surface area contributed by atoms with Crippen LogP contribution >= 0.6 is 0 Å². The van der Waals surface area contributed by atoms with Crippen molar-refractivity contribution in [1.29, 1.82) is 0 Å². The van der Waals surface area contributed by atoms with Crippen LogP contribution in [0.15, 0.2) is 0 Å². The third-order valence-corrected chi connectivity index (χ3v) is 7.70. The Labute approximate surface area is 141 Å². The van der Waals surface area contributed by atoms with Gasteiger partial charge in [-0.25, -0.2) is 8.78 Å². The lowest BCUT2D eigenvalue weighted by Gasteiger charge is -2.44. The predicted molar refractivity (Wildman–Crippen MR) is 92.9 cm³/mol. The monoisotopic (exact) mass is 326 g/mol. The fourth-order valence-electron chi connectivity index (χ4n) is 5.91. The van der Waals surface area contributed by atoms with Gasteiger partial charge in [-0.2, -0.15) is 0 Å². The van der Waals surface area contributed by atoms with Gasteiger partial charge in [0.1, 0.15) is 12.3 Å². The summed E-state index contributed by atoms with van der Waals surface area (Å²) in [6, 6.07) is 0. The maximum absolute atomic E-state index is 14.9. The first-order chi connectivity index (χ1) is 11.1. The van der Waals surface area contributed by atoms with Crippen LogP contribution in [0.3, 0.4) is 0 Å². The van der Waals surface area contributed by atoms with Gasteiger partial charge in [-0.05, 0) is 74.0 Å². The van der Waals surface area contributed by atoms with E-state index in [1.165, 1.54) is 32.1 Å². The molecule has 0 aromatic carbocycles. The Morgan fingerprint density at radius 1 is 0.652 bits per heavy atom. The summed E-state index contributed by atoms with van der Waals surface area (Å²) >= 11 is 0. The van der Waals surface area contributed by atoms with E-state index < -0.39 is 12.3 Å². The molecule has 0 aromatic heterocycles. The zero-order valence-electron chi connectivity index (χ0n) is 15.2. The van der Waals surface area contributed by atoms with Crippen molar-refractivity contribution in [2.75, 3.05) is 0 Å². The molecule has 0 nitrogen and oxygen atoms in total. The summed E-state index contributed by atoms with van der Waals surface area (Å²) in [5.41, 5.74) is 0. The first-order valence-corrected chi connectivity index (χ1v) is 10.4. The first kappa shape index (κ1) is 17.7. The Morgan fingerprint density at radius 3 is 1.52 bits per heavy atom. The molecule has 3 aliphatic rings. The van der Waals surface area contributed by atoms with E-state index in [1.807, 2.05) is 0 Å². The van der Waals surface area contributed by atoms with Crippen LogP contribution in [0.1, 0.15) is 84.5 Å². The molecule has 0 aromatic rings. The molecule has 0 bridgehead atoms. The Hall–Kier alpha value is -0.140. The SMILES string of the molecule is CCC1CCC(C2CCC(C3CCC(C)CC3)C(F)C2F)CC1. The largest absolute Gasteiger partial charge is 0.244 e. The second kappa shape index (κ2) is 7.83. The standard InChI is InChI=1S/C21H36F2/c1-3-15-6-10-17(11-7-15)19-13-12-18(20(22)21(19)23)16-8-4-14(2)5-9-16/h14-21H,3-13H2,1-2H3. The summed E-state index contributed by atoms with van der Waals surface area (Å²) in [5, 5.41) is 0. The molecule has 134 valence electrons. The van der Waals surface area contributed by atoms with E-state index in [1.54, 1.807) is 0 Å². The molecular weight excluding hydrogens is 290 g/mol. The smallest absolute Gasteiger partial charge is 0.134 e. The van der Waals surface area contributed by atoms with Crippen molar-refractivity contribution in [2.24, 2.45) is 35.5 Å². The van der Waals surface area contributed by atoms with E-state index in [2.05, 4.69) is 13.8 Å². The van der Waals surface area contributed by atoms with Crippen LogP contribution < -0.4 is 0 Å². The van der Waals surface area contributed by atoms with Crippen molar-refractivity contribution in [1.82, 2.24) is 0 Å². The molecule has 0 saturated heterocycles. The third kappa shape index (κ3) is 3.93. The van der Waals surface area contributed by atoms with Gasteiger partial charge in [0.2, 0.25) is 0 Å². The molecule has 3 aliphatic carbocycles. The molecule has 3 fully saturated rings. The van der Waals surface area contributed by atoms with Crippen molar-refractivity contribution in [3.8, 4) is 0 Å². The normalized spacial score (nSPS) is 49.0. The minimum atomic E-state index is -1.18. The second-order valence-electron chi connectivity index (χ2n) is 9.00. The molecule has 0 aliphatic heterocycles. The summed E-state index contributed by atoms with van der Waals surface area (Å²) in [4.78, 5) is 0. The topological polar surface area (TPSA) is 0 Å². The number of rotatable bonds is 3. The summed E-state index contributed by atoms with van der Waals surface area (Å²) in [6.07, 6.45) is 10.2. The zero-order valence-corrected chi connectivity index (χ0v) is 15.2. The van der Waals surface area contributed by atoms with Crippen LogP contribution in [0.2, 0.25) is 0 Å². The summed E-state index contributed by atoms with van der Waals surface area (Å²) in [7, 11) is 0. The Morgan fingerprint density at radius 2 is 1.09 bits per heavy atom. The van der Waals surface area contributed by atoms with E-state index in [4.69, 9.17) is 0 Å². The molecule has 4 atom stereocenters. The van der Waals surface area contributed by atoms with Gasteiger partial charge in [-0.3, -0.25) is 0 Å². The molecule has 0 radical (unpaired) electrons. The molecule has 3 saturated carbocycles. The van der Waals surface area contributed by atoms with E-state index in [9.17, 15) is 8.78 Å². The number of hydrogen-bond donors (Lipinski definition) is 0. The van der Waals surface area contributed by atoms with E-state index >= 15 is 0 Å².